The Kier molecular flexibility index (Phi) is 5.10. The van der Waals surface area contributed by atoms with Crippen molar-refractivity contribution in [2.45, 2.75) is 0 Å². The summed E-state index contributed by atoms with van der Waals surface area (Å²) in [6.45, 7) is 0. The van der Waals surface area contributed by atoms with Crippen LogP contribution in [0.4, 0.5) is 0 Å². The zero-order valence-electron chi connectivity index (χ0n) is 21.6. The molecule has 0 amide bonds. The largest absolute Gasteiger partial charge is 0.309 e. The summed E-state index contributed by atoms with van der Waals surface area (Å²) in [6.07, 6.45) is 3.66. The van der Waals surface area contributed by atoms with Crippen LogP contribution >= 0.6 is 0 Å². The van der Waals surface area contributed by atoms with E-state index in [2.05, 4.69) is 135 Å². The minimum absolute atomic E-state index is 0.895. The highest BCUT2D eigenvalue weighted by Crippen LogP contribution is 2.39. The van der Waals surface area contributed by atoms with Crippen molar-refractivity contribution in [3.8, 4) is 33.9 Å². The molecular formula is C36H24N4. The number of hydrogen-bond donors (Lipinski definition) is 0. The Morgan fingerprint density at radius 2 is 1.12 bits per heavy atom. The van der Waals surface area contributed by atoms with Crippen LogP contribution in [0.15, 0.2) is 146 Å². The first-order chi connectivity index (χ1) is 19.9. The summed E-state index contributed by atoms with van der Waals surface area (Å²) >= 11 is 0. The minimum Gasteiger partial charge on any atom is -0.309 e. The highest BCUT2D eigenvalue weighted by Gasteiger charge is 2.21. The number of nitrogens with zero attached hydrogens (tertiary/aromatic N) is 4. The lowest BCUT2D eigenvalue weighted by molar-refractivity contribution is 1.10. The number of benzene rings is 5. The van der Waals surface area contributed by atoms with Gasteiger partial charge in [0.2, 0.25) is 0 Å². The van der Waals surface area contributed by atoms with Gasteiger partial charge in [-0.25, -0.2) is 4.98 Å². The molecule has 0 spiro atoms. The SMILES string of the molecule is c1ccc(-c2cccc(-n3c(-c4ccncc4)nc4c5c6ccccc6n(-c6ccccc6)c5ccc43)c2)cc1. The van der Waals surface area contributed by atoms with E-state index in [9.17, 15) is 0 Å². The van der Waals surface area contributed by atoms with Crippen LogP contribution in [0.3, 0.4) is 0 Å². The zero-order valence-corrected chi connectivity index (χ0v) is 21.6. The maximum atomic E-state index is 5.37. The smallest absolute Gasteiger partial charge is 0.145 e. The van der Waals surface area contributed by atoms with Crippen molar-refractivity contribution in [1.82, 2.24) is 19.1 Å². The van der Waals surface area contributed by atoms with Gasteiger partial charge >= 0.3 is 0 Å². The Morgan fingerprint density at radius 3 is 1.95 bits per heavy atom. The van der Waals surface area contributed by atoms with E-state index in [0.29, 0.717) is 0 Å². The second-order valence-corrected chi connectivity index (χ2v) is 9.94. The molecule has 3 heterocycles. The third-order valence-electron chi connectivity index (χ3n) is 7.62. The fraction of sp³-hybridized carbons (Fsp3) is 0. The predicted molar refractivity (Wildman–Crippen MR) is 164 cm³/mol. The van der Waals surface area contributed by atoms with Gasteiger partial charge in [-0.15, -0.1) is 0 Å². The van der Waals surface area contributed by atoms with Crippen molar-refractivity contribution < 1.29 is 0 Å². The number of para-hydroxylation sites is 2. The van der Waals surface area contributed by atoms with Crippen LogP contribution in [0.5, 0.6) is 0 Å². The Morgan fingerprint density at radius 1 is 0.450 bits per heavy atom. The van der Waals surface area contributed by atoms with Crippen LogP contribution in [0.2, 0.25) is 0 Å². The highest BCUT2D eigenvalue weighted by molar-refractivity contribution is 6.20. The lowest BCUT2D eigenvalue weighted by Crippen LogP contribution is -1.98. The molecule has 0 N–H and O–H groups in total. The van der Waals surface area contributed by atoms with Crippen molar-refractivity contribution in [2.75, 3.05) is 0 Å². The van der Waals surface area contributed by atoms with Crippen LogP contribution in [0.25, 0.3) is 66.7 Å². The average Bonchev–Trinajstić information content (AvgIpc) is 3.59. The molecular weight excluding hydrogens is 488 g/mol. The molecule has 0 bridgehead atoms. The van der Waals surface area contributed by atoms with Gasteiger partial charge in [0.15, 0.2) is 0 Å². The highest BCUT2D eigenvalue weighted by atomic mass is 15.1. The third kappa shape index (κ3) is 3.47. The first-order valence-electron chi connectivity index (χ1n) is 13.4. The number of hydrogen-bond acceptors (Lipinski definition) is 2. The van der Waals surface area contributed by atoms with E-state index in [0.717, 1.165) is 44.7 Å². The molecule has 4 nitrogen and oxygen atoms in total. The molecule has 5 aromatic carbocycles. The van der Waals surface area contributed by atoms with Gasteiger partial charge in [-0.05, 0) is 65.7 Å². The minimum atomic E-state index is 0.895. The van der Waals surface area contributed by atoms with E-state index in [1.165, 1.54) is 22.0 Å². The predicted octanol–water partition coefficient (Wildman–Crippen LogP) is 8.85. The Balaban J connectivity index is 1.48. The van der Waals surface area contributed by atoms with Crippen molar-refractivity contribution in [3.05, 3.63) is 146 Å². The summed E-state index contributed by atoms with van der Waals surface area (Å²) < 4.78 is 4.62. The summed E-state index contributed by atoms with van der Waals surface area (Å²) in [4.78, 5) is 9.64. The summed E-state index contributed by atoms with van der Waals surface area (Å²) in [6, 6.07) is 46.9. The molecule has 0 radical (unpaired) electrons. The number of imidazole rings is 1. The van der Waals surface area contributed by atoms with Crippen LogP contribution < -0.4 is 0 Å². The second kappa shape index (κ2) is 9.07. The summed E-state index contributed by atoms with van der Waals surface area (Å²) in [5.74, 6) is 0.895. The maximum absolute atomic E-state index is 5.37. The molecule has 0 atom stereocenters. The summed E-state index contributed by atoms with van der Waals surface area (Å²) in [5.41, 5.74) is 9.96. The van der Waals surface area contributed by atoms with Gasteiger partial charge in [0.25, 0.3) is 0 Å². The first kappa shape index (κ1) is 22.5. The Bertz CT molecular complexity index is 2140. The van der Waals surface area contributed by atoms with Crippen molar-refractivity contribution in [2.24, 2.45) is 0 Å². The normalized spacial score (nSPS) is 11.5. The lowest BCUT2D eigenvalue weighted by atomic mass is 10.0. The van der Waals surface area contributed by atoms with Crippen LogP contribution in [0.1, 0.15) is 0 Å². The van der Waals surface area contributed by atoms with Gasteiger partial charge in [-0.2, -0.15) is 0 Å². The third-order valence-corrected chi connectivity index (χ3v) is 7.62. The number of fused-ring (bicyclic) bond motifs is 5. The van der Waals surface area contributed by atoms with Crippen LogP contribution in [-0.2, 0) is 0 Å². The van der Waals surface area contributed by atoms with E-state index in [1.54, 1.807) is 0 Å². The molecule has 8 rings (SSSR count). The van der Waals surface area contributed by atoms with Crippen LogP contribution in [0, 0.1) is 0 Å². The van der Waals surface area contributed by atoms with E-state index in [1.807, 2.05) is 24.5 Å². The Labute approximate surface area is 231 Å². The van der Waals surface area contributed by atoms with Gasteiger partial charge in [-0.3, -0.25) is 9.55 Å². The fourth-order valence-corrected chi connectivity index (χ4v) is 5.86. The topological polar surface area (TPSA) is 35.6 Å². The number of rotatable bonds is 4. The molecule has 0 saturated heterocycles. The molecule has 8 aromatic rings. The molecule has 3 aromatic heterocycles. The van der Waals surface area contributed by atoms with E-state index in [-0.39, 0.29) is 0 Å². The van der Waals surface area contributed by atoms with Gasteiger partial charge in [0.1, 0.15) is 5.82 Å². The molecule has 188 valence electrons. The summed E-state index contributed by atoms with van der Waals surface area (Å²) in [7, 11) is 0. The summed E-state index contributed by atoms with van der Waals surface area (Å²) in [5, 5.41) is 2.35. The molecule has 0 saturated carbocycles. The molecule has 0 aliphatic rings. The standard InChI is InChI=1S/C36H24N4/c1-3-10-25(11-4-1)27-12-9-15-29(24-27)40-33-19-18-32-34(35(33)38-36(40)26-20-22-37-23-21-26)30-16-7-8-17-31(30)39(32)28-13-5-2-6-14-28/h1-24H. The van der Waals surface area contributed by atoms with Gasteiger partial charge in [0, 0.05) is 40.1 Å². The average molecular weight is 513 g/mol. The van der Waals surface area contributed by atoms with Crippen molar-refractivity contribution in [1.29, 1.82) is 0 Å². The van der Waals surface area contributed by atoms with Gasteiger partial charge < -0.3 is 4.57 Å². The van der Waals surface area contributed by atoms with E-state index >= 15 is 0 Å². The lowest BCUT2D eigenvalue weighted by Gasteiger charge is -2.12. The first-order valence-corrected chi connectivity index (χ1v) is 13.4. The molecule has 40 heavy (non-hydrogen) atoms. The second-order valence-electron chi connectivity index (χ2n) is 9.94. The Hall–Kier alpha value is -5.48. The molecule has 4 heteroatoms. The monoisotopic (exact) mass is 512 g/mol. The van der Waals surface area contributed by atoms with E-state index < -0.39 is 0 Å². The van der Waals surface area contributed by atoms with Crippen molar-refractivity contribution in [3.63, 3.8) is 0 Å². The van der Waals surface area contributed by atoms with Gasteiger partial charge in [0.05, 0.1) is 22.1 Å². The number of aromatic nitrogens is 4. The maximum Gasteiger partial charge on any atom is 0.145 e. The van der Waals surface area contributed by atoms with Gasteiger partial charge in [-0.1, -0.05) is 78.9 Å². The number of pyridine rings is 1. The van der Waals surface area contributed by atoms with E-state index in [4.69, 9.17) is 4.98 Å². The zero-order chi connectivity index (χ0) is 26.5. The quantitative estimate of drug-likeness (QED) is 0.236. The van der Waals surface area contributed by atoms with Crippen molar-refractivity contribution >= 4 is 32.8 Å². The molecule has 0 aliphatic heterocycles. The molecule has 0 aliphatic carbocycles. The molecule has 0 unspecified atom stereocenters. The van der Waals surface area contributed by atoms with Crippen LogP contribution in [-0.4, -0.2) is 19.1 Å². The fourth-order valence-electron chi connectivity index (χ4n) is 5.86. The molecule has 0 fully saturated rings.